The van der Waals surface area contributed by atoms with E-state index in [1.807, 2.05) is 25.1 Å². The molecular weight excluding hydrogens is 266 g/mol. The number of nitrogens with two attached hydrogens (primary N) is 1. The minimum atomic E-state index is -1.06. The molecule has 0 spiro atoms. The smallest absolute Gasteiger partial charge is 0.339 e. The van der Waals surface area contributed by atoms with Crippen molar-refractivity contribution >= 4 is 11.7 Å². The number of hydrogen-bond acceptors (Lipinski definition) is 3. The number of carboxylic acids is 1. The van der Waals surface area contributed by atoms with Crippen molar-refractivity contribution in [2.24, 2.45) is 0 Å². The van der Waals surface area contributed by atoms with Crippen LogP contribution in [0, 0.1) is 6.92 Å². The molecule has 0 unspecified atom stereocenters. The van der Waals surface area contributed by atoms with E-state index in [-0.39, 0.29) is 5.56 Å². The van der Waals surface area contributed by atoms with Crippen LogP contribution in [0.2, 0.25) is 0 Å². The van der Waals surface area contributed by atoms with Crippen molar-refractivity contribution in [3.8, 4) is 11.5 Å². The number of ether oxygens (including phenoxy) is 1. The summed E-state index contributed by atoms with van der Waals surface area (Å²) in [6.07, 6.45) is 0. The van der Waals surface area contributed by atoms with E-state index >= 15 is 0 Å². The Morgan fingerprint density at radius 3 is 2.48 bits per heavy atom. The van der Waals surface area contributed by atoms with Crippen molar-refractivity contribution in [2.75, 3.05) is 5.73 Å². The van der Waals surface area contributed by atoms with Crippen LogP contribution in [-0.2, 0) is 0 Å². The molecule has 0 heterocycles. The molecule has 4 nitrogen and oxygen atoms in total. The molecule has 0 aromatic heterocycles. The van der Waals surface area contributed by atoms with Gasteiger partial charge in [-0.3, -0.25) is 0 Å². The molecule has 0 bridgehead atoms. The van der Waals surface area contributed by atoms with Gasteiger partial charge in [0.25, 0.3) is 0 Å². The molecule has 0 aliphatic heterocycles. The first-order chi connectivity index (χ1) is 9.88. The van der Waals surface area contributed by atoms with Gasteiger partial charge in [-0.1, -0.05) is 26.0 Å². The largest absolute Gasteiger partial charge is 0.478 e. The van der Waals surface area contributed by atoms with Gasteiger partial charge in [0.15, 0.2) is 0 Å². The van der Waals surface area contributed by atoms with E-state index in [1.165, 1.54) is 6.07 Å². The maximum atomic E-state index is 11.3. The summed E-state index contributed by atoms with van der Waals surface area (Å²) in [4.78, 5) is 11.3. The lowest BCUT2D eigenvalue weighted by atomic mass is 10.0. The minimum absolute atomic E-state index is 0.0596. The summed E-state index contributed by atoms with van der Waals surface area (Å²) in [6.45, 7) is 6.12. The molecule has 2 aromatic carbocycles. The van der Waals surface area contributed by atoms with Gasteiger partial charge in [0, 0.05) is 5.69 Å². The second-order valence-corrected chi connectivity index (χ2v) is 5.34. The van der Waals surface area contributed by atoms with Crippen molar-refractivity contribution in [2.45, 2.75) is 26.7 Å². The highest BCUT2D eigenvalue weighted by atomic mass is 16.5. The van der Waals surface area contributed by atoms with Crippen LogP contribution in [-0.4, -0.2) is 11.1 Å². The van der Waals surface area contributed by atoms with E-state index in [0.29, 0.717) is 23.1 Å². The van der Waals surface area contributed by atoms with E-state index in [4.69, 9.17) is 10.5 Å². The number of benzene rings is 2. The second kappa shape index (κ2) is 5.87. The van der Waals surface area contributed by atoms with Gasteiger partial charge in [-0.05, 0) is 48.2 Å². The van der Waals surface area contributed by atoms with Gasteiger partial charge in [0.1, 0.15) is 17.1 Å². The van der Waals surface area contributed by atoms with Crippen LogP contribution in [0.15, 0.2) is 36.4 Å². The molecule has 2 aromatic rings. The summed E-state index contributed by atoms with van der Waals surface area (Å²) in [7, 11) is 0. The lowest BCUT2D eigenvalue weighted by Crippen LogP contribution is -2.02. The Morgan fingerprint density at radius 2 is 1.86 bits per heavy atom. The lowest BCUT2D eigenvalue weighted by molar-refractivity contribution is 0.0694. The highest BCUT2D eigenvalue weighted by Crippen LogP contribution is 2.31. The Morgan fingerprint density at radius 1 is 1.14 bits per heavy atom. The van der Waals surface area contributed by atoms with E-state index in [2.05, 4.69) is 13.8 Å². The first-order valence-electron chi connectivity index (χ1n) is 6.79. The summed E-state index contributed by atoms with van der Waals surface area (Å²) >= 11 is 0. The topological polar surface area (TPSA) is 72.5 Å². The predicted octanol–water partition coefficient (Wildman–Crippen LogP) is 4.19. The van der Waals surface area contributed by atoms with Crippen molar-refractivity contribution in [3.63, 3.8) is 0 Å². The van der Waals surface area contributed by atoms with Crippen LogP contribution in [0.5, 0.6) is 11.5 Å². The van der Waals surface area contributed by atoms with E-state index in [9.17, 15) is 9.90 Å². The number of rotatable bonds is 4. The Kier molecular flexibility index (Phi) is 4.17. The van der Waals surface area contributed by atoms with Gasteiger partial charge in [0.05, 0.1) is 0 Å². The van der Waals surface area contributed by atoms with E-state index in [0.717, 1.165) is 11.1 Å². The number of aromatic carboxylic acids is 1. The van der Waals surface area contributed by atoms with Crippen LogP contribution in [0.4, 0.5) is 5.69 Å². The van der Waals surface area contributed by atoms with Crippen LogP contribution in [0.3, 0.4) is 0 Å². The molecule has 21 heavy (non-hydrogen) atoms. The summed E-state index contributed by atoms with van der Waals surface area (Å²) in [5, 5.41) is 9.24. The summed E-state index contributed by atoms with van der Waals surface area (Å²) in [5.74, 6) is 0.266. The van der Waals surface area contributed by atoms with Crippen molar-refractivity contribution < 1.29 is 14.6 Å². The van der Waals surface area contributed by atoms with Crippen LogP contribution in [0.1, 0.15) is 41.3 Å². The molecule has 0 aliphatic carbocycles. The fourth-order valence-electron chi connectivity index (χ4n) is 2.01. The molecule has 0 atom stereocenters. The molecule has 110 valence electrons. The van der Waals surface area contributed by atoms with Gasteiger partial charge in [-0.25, -0.2) is 4.79 Å². The zero-order chi connectivity index (χ0) is 15.6. The van der Waals surface area contributed by atoms with E-state index in [1.54, 1.807) is 12.1 Å². The van der Waals surface area contributed by atoms with Gasteiger partial charge in [0.2, 0.25) is 0 Å². The highest BCUT2D eigenvalue weighted by Gasteiger charge is 2.14. The van der Waals surface area contributed by atoms with E-state index < -0.39 is 5.97 Å². The van der Waals surface area contributed by atoms with Crippen molar-refractivity contribution in [3.05, 3.63) is 53.1 Å². The Balaban J connectivity index is 2.43. The van der Waals surface area contributed by atoms with Crippen LogP contribution >= 0.6 is 0 Å². The molecule has 2 rings (SSSR count). The maximum absolute atomic E-state index is 11.3. The normalized spacial score (nSPS) is 10.7. The van der Waals surface area contributed by atoms with Crippen molar-refractivity contribution in [1.82, 2.24) is 0 Å². The molecule has 3 N–H and O–H groups in total. The zero-order valence-electron chi connectivity index (χ0n) is 12.4. The summed E-state index contributed by atoms with van der Waals surface area (Å²) in [6, 6.07) is 10.6. The molecule has 4 heteroatoms. The molecule has 0 fully saturated rings. The fraction of sp³-hybridized carbons (Fsp3) is 0.235. The van der Waals surface area contributed by atoms with Crippen molar-refractivity contribution in [1.29, 1.82) is 0 Å². The monoisotopic (exact) mass is 285 g/mol. The van der Waals surface area contributed by atoms with Gasteiger partial charge < -0.3 is 15.6 Å². The van der Waals surface area contributed by atoms with Gasteiger partial charge in [-0.15, -0.1) is 0 Å². The first-order valence-corrected chi connectivity index (χ1v) is 6.79. The SMILES string of the molecule is Cc1ccc(C(C)C)cc1Oc1ccc(N)cc1C(=O)O. The molecule has 0 radical (unpaired) electrons. The van der Waals surface area contributed by atoms with Crippen LogP contribution in [0.25, 0.3) is 0 Å². The maximum Gasteiger partial charge on any atom is 0.339 e. The average Bonchev–Trinajstić information content (AvgIpc) is 2.42. The van der Waals surface area contributed by atoms with Gasteiger partial charge in [-0.2, -0.15) is 0 Å². The summed E-state index contributed by atoms with van der Waals surface area (Å²) in [5.41, 5.74) is 8.18. The molecular formula is C17H19NO3. The third-order valence-electron chi connectivity index (χ3n) is 3.33. The highest BCUT2D eigenvalue weighted by molar-refractivity contribution is 5.92. The number of hydrogen-bond donors (Lipinski definition) is 2. The standard InChI is InChI=1S/C17H19NO3/c1-10(2)12-5-4-11(3)16(8-12)21-15-7-6-13(18)9-14(15)17(19)20/h4-10H,18H2,1-3H3,(H,19,20). The Labute approximate surface area is 124 Å². The number of aryl methyl sites for hydroxylation is 1. The zero-order valence-corrected chi connectivity index (χ0v) is 12.4. The quantitative estimate of drug-likeness (QED) is 0.826. The number of carbonyl (C=O) groups is 1. The average molecular weight is 285 g/mol. The van der Waals surface area contributed by atoms with Crippen LogP contribution < -0.4 is 10.5 Å². The molecule has 0 saturated carbocycles. The Bertz CT molecular complexity index is 678. The summed E-state index contributed by atoms with van der Waals surface area (Å²) < 4.78 is 5.81. The number of nitrogen functional groups attached to an aromatic ring is 1. The lowest BCUT2D eigenvalue weighted by Gasteiger charge is -2.14. The Hall–Kier alpha value is -2.49. The first kappa shape index (κ1) is 14.9. The third-order valence-corrected chi connectivity index (χ3v) is 3.33. The number of carboxylic acid groups (broad SMARTS) is 1. The predicted molar refractivity (Wildman–Crippen MR) is 83.2 cm³/mol. The third kappa shape index (κ3) is 3.34. The second-order valence-electron chi connectivity index (χ2n) is 5.34. The van der Waals surface area contributed by atoms with Gasteiger partial charge >= 0.3 is 5.97 Å². The molecule has 0 amide bonds. The molecule has 0 saturated heterocycles. The fourth-order valence-corrected chi connectivity index (χ4v) is 2.01. The molecule has 0 aliphatic rings. The number of anilines is 1. The minimum Gasteiger partial charge on any atom is -0.478 e.